The molecule has 0 amide bonds. The fourth-order valence-corrected chi connectivity index (χ4v) is 6.77. The van der Waals surface area contributed by atoms with Gasteiger partial charge in [0.15, 0.2) is 23.0 Å². The number of hydrogen-bond donors (Lipinski definition) is 6. The Labute approximate surface area is 224 Å². The molecule has 5 rings (SSSR count). The quantitative estimate of drug-likeness (QED) is 0.321. The number of aromatic hydroxyl groups is 2. The summed E-state index contributed by atoms with van der Waals surface area (Å²) < 4.78 is 5.99. The Bertz CT molecular complexity index is 1410. The highest BCUT2D eigenvalue weighted by molar-refractivity contribution is 6.12. The summed E-state index contributed by atoms with van der Waals surface area (Å²) in [5, 5.41) is 64.4. The summed E-state index contributed by atoms with van der Waals surface area (Å²) in [7, 11) is 0. The van der Waals surface area contributed by atoms with Crippen molar-refractivity contribution >= 4 is 28.1 Å². The van der Waals surface area contributed by atoms with Crippen LogP contribution in [0.15, 0.2) is 35.9 Å². The number of phenols is 2. The molecule has 2 aromatic rings. The highest BCUT2D eigenvalue weighted by Crippen LogP contribution is 2.54. The first-order valence-corrected chi connectivity index (χ1v) is 13.0. The highest BCUT2D eigenvalue weighted by atomic mass is 16.5. The molecular formula is C29H32O10. The molecule has 6 N–H and O–H groups in total. The molecule has 10 heteroatoms. The van der Waals surface area contributed by atoms with Crippen LogP contribution in [-0.2, 0) is 20.7 Å². The van der Waals surface area contributed by atoms with Crippen LogP contribution in [0.2, 0.25) is 0 Å². The van der Waals surface area contributed by atoms with Crippen LogP contribution in [0, 0.1) is 11.3 Å². The number of aliphatic hydroxyl groups excluding tert-OH is 3. The topological polar surface area (TPSA) is 182 Å². The number of fused-ring (bicyclic) bond motifs is 3. The Hall–Kier alpha value is -3.15. The predicted molar refractivity (Wildman–Crippen MR) is 137 cm³/mol. The van der Waals surface area contributed by atoms with E-state index in [1.165, 1.54) is 26.0 Å². The zero-order valence-electron chi connectivity index (χ0n) is 21.6. The second-order valence-corrected chi connectivity index (χ2v) is 11.1. The molecule has 0 bridgehead atoms. The SMILES string of the molecule is CC(=O)C1=C[C@@]2(CC3CC[C@@](O)(C(=O)CO)[C@H](C)O3)C(=O)c3c(cc4cccc(O)c4c3O)C[C@H]2[C@H](O)[C@@H]1O. The number of Topliss-reactive ketones (excluding diaryl/α,β-unsaturated/α-hetero) is 3. The molecule has 1 unspecified atom stereocenters. The second kappa shape index (κ2) is 9.50. The van der Waals surface area contributed by atoms with Gasteiger partial charge in [-0.05, 0) is 56.5 Å². The second-order valence-electron chi connectivity index (χ2n) is 11.1. The first-order valence-electron chi connectivity index (χ1n) is 13.0. The lowest BCUT2D eigenvalue weighted by atomic mass is 9.54. The molecule has 1 aliphatic heterocycles. The van der Waals surface area contributed by atoms with Gasteiger partial charge in [-0.2, -0.15) is 0 Å². The molecule has 2 aromatic carbocycles. The summed E-state index contributed by atoms with van der Waals surface area (Å²) in [6, 6.07) is 6.33. The Morgan fingerprint density at radius 2 is 1.90 bits per heavy atom. The van der Waals surface area contributed by atoms with Crippen LogP contribution in [0.1, 0.15) is 49.0 Å². The van der Waals surface area contributed by atoms with Crippen LogP contribution in [0.25, 0.3) is 10.8 Å². The van der Waals surface area contributed by atoms with E-state index in [0.717, 1.165) is 0 Å². The van der Waals surface area contributed by atoms with Crippen molar-refractivity contribution in [3.8, 4) is 11.5 Å². The number of allylic oxidation sites excluding steroid dienone is 1. The fraction of sp³-hybridized carbons (Fsp3) is 0.483. The molecular weight excluding hydrogens is 508 g/mol. The number of ketones is 3. The largest absolute Gasteiger partial charge is 0.507 e. The fourth-order valence-electron chi connectivity index (χ4n) is 6.77. The molecule has 39 heavy (non-hydrogen) atoms. The monoisotopic (exact) mass is 540 g/mol. The highest BCUT2D eigenvalue weighted by Gasteiger charge is 2.58. The van der Waals surface area contributed by atoms with E-state index in [4.69, 9.17) is 4.74 Å². The van der Waals surface area contributed by atoms with E-state index in [9.17, 15) is 45.0 Å². The minimum absolute atomic E-state index is 0.0397. The van der Waals surface area contributed by atoms with Crippen LogP contribution in [0.4, 0.5) is 0 Å². The summed E-state index contributed by atoms with van der Waals surface area (Å²) in [4.78, 5) is 39.1. The third-order valence-corrected chi connectivity index (χ3v) is 8.93. The van der Waals surface area contributed by atoms with Crippen molar-refractivity contribution in [3.05, 3.63) is 47.0 Å². The van der Waals surface area contributed by atoms with Gasteiger partial charge in [-0.1, -0.05) is 24.3 Å². The molecule has 0 radical (unpaired) electrons. The maximum atomic E-state index is 14.4. The minimum atomic E-state index is -1.90. The zero-order valence-corrected chi connectivity index (χ0v) is 21.6. The number of rotatable bonds is 5. The summed E-state index contributed by atoms with van der Waals surface area (Å²) in [6.07, 6.45) is -3.24. The number of carbonyl (C=O) groups is 3. The summed E-state index contributed by atoms with van der Waals surface area (Å²) >= 11 is 0. The van der Waals surface area contributed by atoms with Crippen LogP contribution < -0.4 is 0 Å². The third kappa shape index (κ3) is 4.01. The molecule has 0 aromatic heterocycles. The van der Waals surface area contributed by atoms with E-state index in [0.29, 0.717) is 10.9 Å². The van der Waals surface area contributed by atoms with E-state index >= 15 is 0 Å². The average Bonchev–Trinajstić information content (AvgIpc) is 2.89. The molecule has 1 saturated heterocycles. The Morgan fingerprint density at radius 1 is 1.18 bits per heavy atom. The number of ether oxygens (including phenoxy) is 1. The molecule has 1 heterocycles. The van der Waals surface area contributed by atoms with Gasteiger partial charge in [0.05, 0.1) is 34.7 Å². The number of hydrogen-bond acceptors (Lipinski definition) is 10. The van der Waals surface area contributed by atoms with E-state index in [1.807, 2.05) is 0 Å². The Kier molecular flexibility index (Phi) is 6.68. The molecule has 7 atom stereocenters. The lowest BCUT2D eigenvalue weighted by Crippen LogP contribution is -2.59. The van der Waals surface area contributed by atoms with E-state index in [1.54, 1.807) is 18.2 Å². The van der Waals surface area contributed by atoms with Crippen molar-refractivity contribution in [1.29, 1.82) is 0 Å². The first-order chi connectivity index (χ1) is 18.4. The maximum absolute atomic E-state index is 14.4. The maximum Gasteiger partial charge on any atom is 0.192 e. The summed E-state index contributed by atoms with van der Waals surface area (Å²) in [5.41, 5.74) is -3.22. The van der Waals surface area contributed by atoms with Gasteiger partial charge >= 0.3 is 0 Å². The molecule has 10 nitrogen and oxygen atoms in total. The van der Waals surface area contributed by atoms with Crippen molar-refractivity contribution in [1.82, 2.24) is 0 Å². The van der Waals surface area contributed by atoms with Crippen molar-refractivity contribution in [2.45, 2.75) is 69.5 Å². The van der Waals surface area contributed by atoms with Crippen LogP contribution in [0.5, 0.6) is 11.5 Å². The summed E-state index contributed by atoms with van der Waals surface area (Å²) in [6.45, 7) is 1.86. The lowest BCUT2D eigenvalue weighted by molar-refractivity contribution is -0.188. The van der Waals surface area contributed by atoms with Crippen molar-refractivity contribution in [2.24, 2.45) is 11.3 Å². The molecule has 3 aliphatic rings. The standard InChI is InChI=1S/C29H32O10/c1-13(31)18-11-28(10-17-6-7-29(38,14(2)39-17)21(33)12-30)19(25(35)24(18)34)9-16-8-15-4-3-5-20(32)22(15)26(36)23(16)27(28)37/h3-5,8,11,14,17,19,24-25,30,32,34-36,38H,6-7,9-10,12H2,1-2H3/t14-,17?,19-,24+,25-,28+,29-/m0/s1. The summed E-state index contributed by atoms with van der Waals surface area (Å²) in [5.74, 6) is -3.41. The van der Waals surface area contributed by atoms with E-state index < -0.39 is 71.1 Å². The molecule has 0 spiro atoms. The minimum Gasteiger partial charge on any atom is -0.507 e. The molecule has 0 saturated carbocycles. The van der Waals surface area contributed by atoms with E-state index in [2.05, 4.69) is 0 Å². The molecule has 208 valence electrons. The Balaban J connectivity index is 1.65. The average molecular weight is 541 g/mol. The van der Waals surface area contributed by atoms with Crippen molar-refractivity contribution in [2.75, 3.05) is 6.61 Å². The van der Waals surface area contributed by atoms with Gasteiger partial charge in [0.2, 0.25) is 0 Å². The van der Waals surface area contributed by atoms with Gasteiger partial charge in [0.25, 0.3) is 0 Å². The smallest absolute Gasteiger partial charge is 0.192 e. The van der Waals surface area contributed by atoms with Crippen molar-refractivity contribution in [3.63, 3.8) is 0 Å². The van der Waals surface area contributed by atoms with Crippen LogP contribution in [0.3, 0.4) is 0 Å². The molecule has 1 fully saturated rings. The van der Waals surface area contributed by atoms with Crippen LogP contribution in [-0.4, -0.2) is 84.6 Å². The lowest BCUT2D eigenvalue weighted by Gasteiger charge is -2.51. The van der Waals surface area contributed by atoms with Crippen molar-refractivity contribution < 1.29 is 49.8 Å². The number of benzene rings is 2. The molecule has 2 aliphatic carbocycles. The van der Waals surface area contributed by atoms with E-state index in [-0.39, 0.29) is 48.0 Å². The van der Waals surface area contributed by atoms with Gasteiger partial charge in [-0.3, -0.25) is 14.4 Å². The number of carbonyl (C=O) groups excluding carboxylic acids is 3. The Morgan fingerprint density at radius 3 is 2.54 bits per heavy atom. The predicted octanol–water partition coefficient (Wildman–Crippen LogP) is 1.09. The first kappa shape index (κ1) is 27.4. The van der Waals surface area contributed by atoms with Gasteiger partial charge in [-0.25, -0.2) is 0 Å². The number of aliphatic hydroxyl groups is 4. The van der Waals surface area contributed by atoms with Gasteiger partial charge in [-0.15, -0.1) is 0 Å². The van der Waals surface area contributed by atoms with Gasteiger partial charge in [0, 0.05) is 11.5 Å². The zero-order chi connectivity index (χ0) is 28.4. The van der Waals surface area contributed by atoms with Crippen LogP contribution >= 0.6 is 0 Å². The van der Waals surface area contributed by atoms with Gasteiger partial charge in [0.1, 0.15) is 24.2 Å². The normalized spacial score (nSPS) is 34.3. The third-order valence-electron chi connectivity index (χ3n) is 8.93. The van der Waals surface area contributed by atoms with Gasteiger partial charge < -0.3 is 35.4 Å². The number of phenolic OH excluding ortho intramolecular Hbond substituents is 2.